The molecule has 6 heteroatoms. The summed E-state index contributed by atoms with van der Waals surface area (Å²) in [5.74, 6) is 0.941. The monoisotopic (exact) mass is 364 g/mol. The molecule has 1 saturated heterocycles. The molecule has 1 N–H and O–H groups in total. The Kier molecular flexibility index (Phi) is 3.69. The number of nitrogens with zero attached hydrogens (tertiary/aromatic N) is 3. The van der Waals surface area contributed by atoms with Gasteiger partial charge in [-0.2, -0.15) is 0 Å². The van der Waals surface area contributed by atoms with E-state index in [9.17, 15) is 0 Å². The van der Waals surface area contributed by atoms with Crippen LogP contribution in [0.1, 0.15) is 18.0 Å². The fourth-order valence-corrected chi connectivity index (χ4v) is 5.05. The van der Waals surface area contributed by atoms with Gasteiger partial charge in [-0.3, -0.25) is 0 Å². The number of aromatic nitrogens is 3. The third kappa shape index (κ3) is 2.40. The summed E-state index contributed by atoms with van der Waals surface area (Å²) in [6, 6.07) is 7.02. The highest BCUT2D eigenvalue weighted by molar-refractivity contribution is 7.22. The Morgan fingerprint density at radius 2 is 2.23 bits per heavy atom. The van der Waals surface area contributed by atoms with Crippen LogP contribution in [0.4, 0.5) is 0 Å². The summed E-state index contributed by atoms with van der Waals surface area (Å²) in [6.07, 6.45) is 6.96. The number of benzene rings is 1. The van der Waals surface area contributed by atoms with E-state index in [1.807, 2.05) is 6.20 Å². The maximum absolute atomic E-state index is 5.60. The second kappa shape index (κ2) is 6.07. The van der Waals surface area contributed by atoms with Crippen molar-refractivity contribution in [3.05, 3.63) is 42.5 Å². The predicted octanol–water partition coefficient (Wildman–Crippen LogP) is 4.16. The van der Waals surface area contributed by atoms with Gasteiger partial charge in [0, 0.05) is 40.8 Å². The van der Waals surface area contributed by atoms with E-state index in [2.05, 4.69) is 51.2 Å². The van der Waals surface area contributed by atoms with Crippen molar-refractivity contribution in [2.45, 2.75) is 19.4 Å². The number of methoxy groups -OCH3 is 1. The van der Waals surface area contributed by atoms with E-state index in [4.69, 9.17) is 4.74 Å². The summed E-state index contributed by atoms with van der Waals surface area (Å²) in [4.78, 5) is 10.1. The van der Waals surface area contributed by atoms with Gasteiger partial charge in [-0.25, -0.2) is 9.97 Å². The molecule has 0 radical (unpaired) electrons. The zero-order chi connectivity index (χ0) is 17.7. The lowest BCUT2D eigenvalue weighted by Crippen LogP contribution is -2.12. The summed E-state index contributed by atoms with van der Waals surface area (Å²) in [5.41, 5.74) is 3.43. The Balaban J connectivity index is 1.73. The molecule has 0 bridgehead atoms. The molecule has 4 aromatic rings. The lowest BCUT2D eigenvalue weighted by Gasteiger charge is -2.11. The van der Waals surface area contributed by atoms with Crippen LogP contribution in [0.25, 0.3) is 31.6 Å². The van der Waals surface area contributed by atoms with E-state index in [0.717, 1.165) is 36.3 Å². The molecule has 0 aliphatic carbocycles. The van der Waals surface area contributed by atoms with E-state index in [1.165, 1.54) is 26.1 Å². The summed E-state index contributed by atoms with van der Waals surface area (Å²) in [5, 5.41) is 5.79. The fraction of sp³-hybridized carbons (Fsp3) is 0.300. The molecule has 1 unspecified atom stereocenters. The first-order valence-electron chi connectivity index (χ1n) is 8.84. The average Bonchev–Trinajstić information content (AvgIpc) is 3.38. The number of aryl methyl sites for hydroxylation is 1. The van der Waals surface area contributed by atoms with Gasteiger partial charge in [0.05, 0.1) is 11.8 Å². The number of thiophene rings is 1. The van der Waals surface area contributed by atoms with Crippen molar-refractivity contribution in [3.8, 4) is 16.2 Å². The number of ether oxygens (including phenoxy) is 1. The highest BCUT2D eigenvalue weighted by Gasteiger charge is 2.22. The Morgan fingerprint density at radius 1 is 1.31 bits per heavy atom. The molecule has 1 aliphatic heterocycles. The molecular weight excluding hydrogens is 344 g/mol. The van der Waals surface area contributed by atoms with E-state index in [0.29, 0.717) is 6.04 Å². The minimum absolute atomic E-state index is 0.451. The molecule has 0 saturated carbocycles. The molecule has 1 aromatic carbocycles. The summed E-state index contributed by atoms with van der Waals surface area (Å²) >= 11 is 1.77. The van der Waals surface area contributed by atoms with Crippen LogP contribution in [-0.4, -0.2) is 34.7 Å². The van der Waals surface area contributed by atoms with Crippen molar-refractivity contribution in [3.63, 3.8) is 0 Å². The third-order valence-corrected chi connectivity index (χ3v) is 6.33. The number of hydrogen-bond donors (Lipinski definition) is 1. The van der Waals surface area contributed by atoms with Crippen LogP contribution in [0, 0.1) is 6.92 Å². The van der Waals surface area contributed by atoms with E-state index >= 15 is 0 Å². The molecule has 132 valence electrons. The molecule has 0 spiro atoms. The van der Waals surface area contributed by atoms with Gasteiger partial charge in [0.1, 0.15) is 17.7 Å². The summed E-state index contributed by atoms with van der Waals surface area (Å²) in [7, 11) is 1.74. The molecule has 4 heterocycles. The van der Waals surface area contributed by atoms with Crippen LogP contribution in [0.5, 0.6) is 5.75 Å². The summed E-state index contributed by atoms with van der Waals surface area (Å²) < 4.78 is 9.11. The molecule has 5 nitrogen and oxygen atoms in total. The molecule has 26 heavy (non-hydrogen) atoms. The Bertz CT molecular complexity index is 1110. The number of fused-ring (bicyclic) bond motifs is 2. The normalized spacial score (nSPS) is 17.4. The minimum atomic E-state index is 0.451. The molecule has 5 rings (SSSR count). The van der Waals surface area contributed by atoms with Crippen molar-refractivity contribution in [2.75, 3.05) is 20.2 Å². The van der Waals surface area contributed by atoms with Crippen LogP contribution in [-0.2, 0) is 0 Å². The molecule has 3 aromatic heterocycles. The van der Waals surface area contributed by atoms with Gasteiger partial charge in [0.25, 0.3) is 0 Å². The number of hydrogen-bond acceptors (Lipinski definition) is 5. The highest BCUT2D eigenvalue weighted by atomic mass is 32.1. The van der Waals surface area contributed by atoms with E-state index in [1.54, 1.807) is 24.8 Å². The average molecular weight is 364 g/mol. The maximum Gasteiger partial charge on any atom is 0.144 e. The second-order valence-electron chi connectivity index (χ2n) is 6.85. The zero-order valence-corrected chi connectivity index (χ0v) is 15.6. The zero-order valence-electron chi connectivity index (χ0n) is 14.8. The Labute approximate surface area is 155 Å². The maximum atomic E-state index is 5.60. The van der Waals surface area contributed by atoms with E-state index < -0.39 is 0 Å². The summed E-state index contributed by atoms with van der Waals surface area (Å²) in [6.45, 7) is 4.16. The predicted molar refractivity (Wildman–Crippen MR) is 106 cm³/mol. The fourth-order valence-electron chi connectivity index (χ4n) is 3.89. The topological polar surface area (TPSA) is 52.0 Å². The van der Waals surface area contributed by atoms with Gasteiger partial charge in [0.15, 0.2) is 0 Å². The van der Waals surface area contributed by atoms with Crippen molar-refractivity contribution in [1.29, 1.82) is 0 Å². The highest BCUT2D eigenvalue weighted by Crippen LogP contribution is 2.42. The Morgan fingerprint density at radius 3 is 3.04 bits per heavy atom. The molecule has 0 amide bonds. The molecular formula is C20H20N4OS. The van der Waals surface area contributed by atoms with Gasteiger partial charge >= 0.3 is 0 Å². The van der Waals surface area contributed by atoms with Gasteiger partial charge in [-0.1, -0.05) is 6.07 Å². The quantitative estimate of drug-likeness (QED) is 0.593. The van der Waals surface area contributed by atoms with Gasteiger partial charge < -0.3 is 14.6 Å². The minimum Gasteiger partial charge on any atom is -0.495 e. The van der Waals surface area contributed by atoms with Gasteiger partial charge in [0.2, 0.25) is 0 Å². The molecule has 1 fully saturated rings. The van der Waals surface area contributed by atoms with Gasteiger partial charge in [-0.05, 0) is 43.0 Å². The largest absolute Gasteiger partial charge is 0.495 e. The second-order valence-corrected chi connectivity index (χ2v) is 7.91. The first-order chi connectivity index (χ1) is 12.7. The smallest absolute Gasteiger partial charge is 0.144 e. The van der Waals surface area contributed by atoms with Crippen LogP contribution in [0.2, 0.25) is 0 Å². The van der Waals surface area contributed by atoms with Crippen molar-refractivity contribution in [1.82, 2.24) is 19.9 Å². The van der Waals surface area contributed by atoms with Crippen LogP contribution < -0.4 is 10.1 Å². The Hall–Kier alpha value is -2.44. The van der Waals surface area contributed by atoms with Crippen molar-refractivity contribution in [2.24, 2.45) is 0 Å². The lowest BCUT2D eigenvalue weighted by molar-refractivity contribution is 0.420. The molecule has 1 aliphatic rings. The van der Waals surface area contributed by atoms with Crippen LogP contribution in [0.15, 0.2) is 36.9 Å². The van der Waals surface area contributed by atoms with Crippen LogP contribution in [0.3, 0.4) is 0 Å². The number of rotatable bonds is 3. The third-order valence-electron chi connectivity index (χ3n) is 5.13. The SMILES string of the molecule is COc1cc(C)cc2cc(-c3cn(C4CCNC4)c4ncncc34)sc12. The lowest BCUT2D eigenvalue weighted by atomic mass is 10.1. The van der Waals surface area contributed by atoms with E-state index in [-0.39, 0.29) is 0 Å². The van der Waals surface area contributed by atoms with Crippen molar-refractivity contribution < 1.29 is 4.74 Å². The van der Waals surface area contributed by atoms with Gasteiger partial charge in [-0.15, -0.1) is 11.3 Å². The standard InChI is InChI=1S/C20H20N4OS/c1-12-5-13-7-18(26-19(13)17(6-12)25-2)16-10-24(14-3-4-21-8-14)20-15(16)9-22-11-23-20/h5-7,9-11,14,21H,3-4,8H2,1-2H3. The first kappa shape index (κ1) is 15.8. The first-order valence-corrected chi connectivity index (χ1v) is 9.66. The molecule has 1 atom stereocenters. The van der Waals surface area contributed by atoms with Crippen molar-refractivity contribution >= 4 is 32.5 Å². The van der Waals surface area contributed by atoms with Crippen LogP contribution >= 0.6 is 11.3 Å². The number of nitrogens with one attached hydrogen (secondary N) is 1.